The molecule has 1 aromatic heterocycles. The highest BCUT2D eigenvalue weighted by molar-refractivity contribution is 8.13. The number of aromatic nitrogens is 1. The Bertz CT molecular complexity index is 590. The van der Waals surface area contributed by atoms with Gasteiger partial charge < -0.3 is 4.98 Å². The Labute approximate surface area is 83.9 Å². The van der Waals surface area contributed by atoms with Crippen LogP contribution < -0.4 is 0 Å². The molecular formula is C8H5ClFNO2S. The van der Waals surface area contributed by atoms with Gasteiger partial charge in [-0.1, -0.05) is 0 Å². The van der Waals surface area contributed by atoms with E-state index in [1.807, 2.05) is 0 Å². The number of hydrogen-bond donors (Lipinski definition) is 1. The molecule has 3 nitrogen and oxygen atoms in total. The summed E-state index contributed by atoms with van der Waals surface area (Å²) >= 11 is 0. The van der Waals surface area contributed by atoms with Crippen LogP contribution in [0.15, 0.2) is 29.3 Å². The van der Waals surface area contributed by atoms with Gasteiger partial charge >= 0.3 is 0 Å². The molecule has 14 heavy (non-hydrogen) atoms. The van der Waals surface area contributed by atoms with Crippen LogP contribution in [0.25, 0.3) is 10.9 Å². The zero-order valence-corrected chi connectivity index (χ0v) is 8.36. The Kier molecular flexibility index (Phi) is 2.01. The zero-order chi connectivity index (χ0) is 10.3. The first-order valence-electron chi connectivity index (χ1n) is 3.70. The molecule has 2 rings (SSSR count). The van der Waals surface area contributed by atoms with Gasteiger partial charge in [0.05, 0.1) is 0 Å². The maximum absolute atomic E-state index is 13.2. The SMILES string of the molecule is O=S(=O)(Cl)c1cc2[nH]ccc2cc1F. The van der Waals surface area contributed by atoms with Crippen LogP contribution in [0.4, 0.5) is 4.39 Å². The topological polar surface area (TPSA) is 49.9 Å². The molecule has 1 heterocycles. The fourth-order valence-corrected chi connectivity index (χ4v) is 2.14. The fraction of sp³-hybridized carbons (Fsp3) is 0. The van der Waals surface area contributed by atoms with E-state index in [9.17, 15) is 12.8 Å². The smallest absolute Gasteiger partial charge is 0.264 e. The lowest BCUT2D eigenvalue weighted by molar-refractivity contribution is 0.577. The summed E-state index contributed by atoms with van der Waals surface area (Å²) < 4.78 is 35.1. The number of H-pyrrole nitrogens is 1. The third-order valence-corrected chi connectivity index (χ3v) is 3.21. The van der Waals surface area contributed by atoms with Crippen molar-refractivity contribution in [2.24, 2.45) is 0 Å². The van der Waals surface area contributed by atoms with Gasteiger partial charge in [0.15, 0.2) is 0 Å². The maximum Gasteiger partial charge on any atom is 0.264 e. The van der Waals surface area contributed by atoms with Crippen LogP contribution in [0, 0.1) is 5.82 Å². The predicted octanol–water partition coefficient (Wildman–Crippen LogP) is 2.23. The first kappa shape index (κ1) is 9.48. The van der Waals surface area contributed by atoms with E-state index < -0.39 is 19.8 Å². The van der Waals surface area contributed by atoms with Gasteiger partial charge in [0.25, 0.3) is 9.05 Å². The predicted molar refractivity (Wildman–Crippen MR) is 51.3 cm³/mol. The van der Waals surface area contributed by atoms with Gasteiger partial charge in [-0.25, -0.2) is 12.8 Å². The number of rotatable bonds is 1. The molecule has 6 heteroatoms. The summed E-state index contributed by atoms with van der Waals surface area (Å²) in [6.45, 7) is 0. The molecule has 2 aromatic rings. The summed E-state index contributed by atoms with van der Waals surface area (Å²) in [5.74, 6) is -0.841. The quantitative estimate of drug-likeness (QED) is 0.768. The minimum atomic E-state index is -4.03. The molecule has 0 unspecified atom stereocenters. The highest BCUT2D eigenvalue weighted by atomic mass is 35.7. The van der Waals surface area contributed by atoms with E-state index in [0.29, 0.717) is 10.9 Å². The standard InChI is InChI=1S/C8H5ClFNO2S/c9-14(12,13)8-4-7-5(1-2-11-7)3-6(8)10/h1-4,11H. The van der Waals surface area contributed by atoms with E-state index in [0.717, 1.165) is 6.07 Å². The lowest BCUT2D eigenvalue weighted by Crippen LogP contribution is -1.94. The Balaban J connectivity index is 2.84. The minimum absolute atomic E-state index is 0.505. The number of aromatic amines is 1. The van der Waals surface area contributed by atoms with Crippen LogP contribution in [0.1, 0.15) is 0 Å². The molecule has 0 bridgehead atoms. The van der Waals surface area contributed by atoms with Crippen LogP contribution in [0.5, 0.6) is 0 Å². The van der Waals surface area contributed by atoms with Crippen molar-refractivity contribution in [3.63, 3.8) is 0 Å². The average molecular weight is 234 g/mol. The summed E-state index contributed by atoms with van der Waals surface area (Å²) in [7, 11) is 1.02. The highest BCUT2D eigenvalue weighted by Crippen LogP contribution is 2.24. The van der Waals surface area contributed by atoms with Crippen LogP contribution in [0.3, 0.4) is 0 Å². The minimum Gasteiger partial charge on any atom is -0.361 e. The Morgan fingerprint density at radius 1 is 1.36 bits per heavy atom. The summed E-state index contributed by atoms with van der Waals surface area (Å²) in [6.07, 6.45) is 1.59. The van der Waals surface area contributed by atoms with Gasteiger partial charge in [-0.3, -0.25) is 0 Å². The highest BCUT2D eigenvalue weighted by Gasteiger charge is 2.17. The van der Waals surface area contributed by atoms with Crippen LogP contribution >= 0.6 is 10.7 Å². The Hall–Kier alpha value is -1.07. The molecule has 1 N–H and O–H groups in total. The normalized spacial score (nSPS) is 12.1. The average Bonchev–Trinajstić information content (AvgIpc) is 2.47. The molecule has 0 fully saturated rings. The van der Waals surface area contributed by atoms with E-state index in [-0.39, 0.29) is 0 Å². The molecule has 0 spiro atoms. The molecular weight excluding hydrogens is 229 g/mol. The van der Waals surface area contributed by atoms with E-state index >= 15 is 0 Å². The second kappa shape index (κ2) is 2.96. The summed E-state index contributed by atoms with van der Waals surface area (Å²) in [5.41, 5.74) is 0.533. The van der Waals surface area contributed by atoms with Crippen LogP contribution in [-0.4, -0.2) is 13.4 Å². The van der Waals surface area contributed by atoms with E-state index in [1.165, 1.54) is 6.07 Å². The van der Waals surface area contributed by atoms with Crippen molar-refractivity contribution in [2.45, 2.75) is 4.90 Å². The zero-order valence-electron chi connectivity index (χ0n) is 6.79. The van der Waals surface area contributed by atoms with Gasteiger partial charge in [0, 0.05) is 27.8 Å². The summed E-state index contributed by atoms with van der Waals surface area (Å²) in [4.78, 5) is 2.26. The van der Waals surface area contributed by atoms with E-state index in [2.05, 4.69) is 4.98 Å². The number of nitrogens with one attached hydrogen (secondary N) is 1. The van der Waals surface area contributed by atoms with Crippen molar-refractivity contribution in [1.29, 1.82) is 0 Å². The largest absolute Gasteiger partial charge is 0.361 e. The molecule has 0 amide bonds. The van der Waals surface area contributed by atoms with E-state index in [4.69, 9.17) is 10.7 Å². The molecule has 0 radical (unpaired) electrons. The Morgan fingerprint density at radius 3 is 2.71 bits per heavy atom. The van der Waals surface area contributed by atoms with Crippen LogP contribution in [0.2, 0.25) is 0 Å². The van der Waals surface area contributed by atoms with Gasteiger partial charge in [-0.15, -0.1) is 0 Å². The van der Waals surface area contributed by atoms with Crippen molar-refractivity contribution in [3.8, 4) is 0 Å². The number of hydrogen-bond acceptors (Lipinski definition) is 2. The van der Waals surface area contributed by atoms with Crippen molar-refractivity contribution < 1.29 is 12.8 Å². The molecule has 0 saturated heterocycles. The molecule has 0 atom stereocenters. The van der Waals surface area contributed by atoms with Crippen molar-refractivity contribution >= 4 is 30.6 Å². The second-order valence-corrected chi connectivity index (χ2v) is 5.32. The van der Waals surface area contributed by atoms with Gasteiger partial charge in [0.1, 0.15) is 10.7 Å². The molecule has 0 saturated carbocycles. The second-order valence-electron chi connectivity index (χ2n) is 2.79. The summed E-state index contributed by atoms with van der Waals surface area (Å²) in [5, 5.41) is 0.603. The number of fused-ring (bicyclic) bond motifs is 1. The molecule has 0 aliphatic carbocycles. The van der Waals surface area contributed by atoms with Gasteiger partial charge in [-0.05, 0) is 18.2 Å². The van der Waals surface area contributed by atoms with Gasteiger partial charge in [-0.2, -0.15) is 0 Å². The van der Waals surface area contributed by atoms with Crippen molar-refractivity contribution in [3.05, 3.63) is 30.2 Å². The lowest BCUT2D eigenvalue weighted by atomic mass is 10.2. The van der Waals surface area contributed by atoms with Crippen molar-refractivity contribution in [1.82, 2.24) is 4.98 Å². The Morgan fingerprint density at radius 2 is 2.07 bits per heavy atom. The maximum atomic E-state index is 13.2. The van der Waals surface area contributed by atoms with Crippen LogP contribution in [-0.2, 0) is 9.05 Å². The van der Waals surface area contributed by atoms with Gasteiger partial charge in [0.2, 0.25) is 0 Å². The first-order valence-corrected chi connectivity index (χ1v) is 6.01. The molecule has 0 aliphatic rings. The van der Waals surface area contributed by atoms with Crippen molar-refractivity contribution in [2.75, 3.05) is 0 Å². The molecule has 74 valence electrons. The molecule has 0 aliphatic heterocycles. The number of halogens is 2. The monoisotopic (exact) mass is 233 g/mol. The lowest BCUT2D eigenvalue weighted by Gasteiger charge is -1.98. The van der Waals surface area contributed by atoms with E-state index in [1.54, 1.807) is 12.3 Å². The fourth-order valence-electron chi connectivity index (χ4n) is 1.24. The first-order chi connectivity index (χ1) is 6.48. The third-order valence-electron chi connectivity index (χ3n) is 1.87. The summed E-state index contributed by atoms with van der Waals surface area (Å²) in [6, 6.07) is 3.94. The number of benzene rings is 1. The molecule has 1 aromatic carbocycles. The third kappa shape index (κ3) is 1.49.